The number of nitrogens with two attached hydrogens (primary N) is 1. The number of rotatable bonds is 19. The number of Topliss-reactive ketones (excluding diaryl/α,β-unsaturated/α-hetero) is 1. The Morgan fingerprint density at radius 2 is 1.62 bits per heavy atom. The number of anilines is 2. The van der Waals surface area contributed by atoms with Crippen molar-refractivity contribution in [1.82, 2.24) is 20.5 Å². The molecule has 2 aliphatic heterocycles. The van der Waals surface area contributed by atoms with Gasteiger partial charge in [-0.2, -0.15) is 0 Å². The number of carbonyl (C=O) groups excluding carboxylic acids is 7. The van der Waals surface area contributed by atoms with Crippen LogP contribution in [-0.4, -0.2) is 70.3 Å². The average Bonchev–Trinajstić information content (AvgIpc) is 3.44. The maximum atomic E-state index is 13.2. The number of fused-ring (bicyclic) bond motifs is 2. The van der Waals surface area contributed by atoms with Crippen molar-refractivity contribution < 1.29 is 38.3 Å². The molecule has 3 aromatic carbocycles. The Balaban J connectivity index is 0.857. The molecule has 56 heavy (non-hydrogen) atoms. The van der Waals surface area contributed by atoms with Crippen molar-refractivity contribution in [2.45, 2.75) is 76.7 Å². The molecular formula is C42H44N6O8. The van der Waals surface area contributed by atoms with Gasteiger partial charge in [0.2, 0.25) is 11.8 Å². The third-order valence-electron chi connectivity index (χ3n) is 9.89. The summed E-state index contributed by atoms with van der Waals surface area (Å²) in [7, 11) is 0. The summed E-state index contributed by atoms with van der Waals surface area (Å²) in [6, 6.07) is 18.5. The van der Waals surface area contributed by atoms with Crippen LogP contribution >= 0.6 is 0 Å². The molecule has 1 saturated heterocycles. The third kappa shape index (κ3) is 9.43. The van der Waals surface area contributed by atoms with Crippen molar-refractivity contribution in [3.05, 3.63) is 95.2 Å². The lowest BCUT2D eigenvalue weighted by molar-refractivity contribution is -0.136. The Morgan fingerprint density at radius 1 is 0.875 bits per heavy atom. The molecule has 1 atom stereocenters. The van der Waals surface area contributed by atoms with Crippen LogP contribution in [0.3, 0.4) is 0 Å². The molecule has 1 aromatic heterocycles. The Hall–Kier alpha value is -6.44. The fraction of sp³-hybridized carbons (Fsp3) is 0.333. The number of piperidine rings is 1. The van der Waals surface area contributed by atoms with Crippen LogP contribution in [0.25, 0.3) is 10.9 Å². The second kappa shape index (κ2) is 18.3. The minimum absolute atomic E-state index is 0.00514. The minimum atomic E-state index is -1.09. The van der Waals surface area contributed by atoms with Crippen molar-refractivity contribution in [3.8, 4) is 5.75 Å². The monoisotopic (exact) mass is 760 g/mol. The lowest BCUT2D eigenvalue weighted by Crippen LogP contribution is -2.54. The van der Waals surface area contributed by atoms with E-state index in [9.17, 15) is 33.6 Å². The van der Waals surface area contributed by atoms with Gasteiger partial charge in [0.1, 0.15) is 17.6 Å². The first-order valence-electron chi connectivity index (χ1n) is 18.9. The highest BCUT2D eigenvalue weighted by Gasteiger charge is 2.46. The molecular weight excluding hydrogens is 716 g/mol. The largest absolute Gasteiger partial charge is 0.483 e. The number of ether oxygens (including phenoxy) is 1. The molecule has 5 N–H and O–H groups in total. The summed E-state index contributed by atoms with van der Waals surface area (Å²) >= 11 is 0. The molecule has 14 heteroatoms. The van der Waals surface area contributed by atoms with Gasteiger partial charge in [-0.1, -0.05) is 62.4 Å². The van der Waals surface area contributed by atoms with Gasteiger partial charge >= 0.3 is 0 Å². The first-order chi connectivity index (χ1) is 27.1. The van der Waals surface area contributed by atoms with E-state index in [0.29, 0.717) is 24.2 Å². The number of primary amides is 1. The van der Waals surface area contributed by atoms with Crippen LogP contribution in [0.15, 0.2) is 72.9 Å². The van der Waals surface area contributed by atoms with Crippen LogP contribution in [-0.2, 0) is 25.6 Å². The average molecular weight is 761 g/mol. The number of hydrogen-bond acceptors (Lipinski definition) is 10. The number of imide groups is 2. The van der Waals surface area contributed by atoms with Gasteiger partial charge in [0.05, 0.1) is 27.9 Å². The SMILES string of the molecule is NC(=O)c1cnc2ccc(CC(=O)CCCCCCCCCNC(=O)COc3cccc4c3C(=O)N(C3CCC(=O)NC3=O)C4=O)cc2c1Nc1ccccc1. The van der Waals surface area contributed by atoms with Gasteiger partial charge in [-0.15, -0.1) is 0 Å². The molecule has 4 aromatic rings. The van der Waals surface area contributed by atoms with Crippen molar-refractivity contribution in [1.29, 1.82) is 0 Å². The number of unbranched alkanes of at least 4 members (excludes halogenated alkanes) is 6. The normalized spacial score (nSPS) is 15.1. The molecule has 2 aliphatic rings. The van der Waals surface area contributed by atoms with Crippen LogP contribution in [0.2, 0.25) is 0 Å². The summed E-state index contributed by atoms with van der Waals surface area (Å²) in [6.45, 7) is 0.110. The quantitative estimate of drug-likeness (QED) is 0.0751. The number of benzene rings is 3. The molecule has 6 rings (SSSR count). The van der Waals surface area contributed by atoms with Crippen molar-refractivity contribution in [2.24, 2.45) is 5.73 Å². The van der Waals surface area contributed by atoms with Crippen molar-refractivity contribution >= 4 is 63.5 Å². The molecule has 0 bridgehead atoms. The van der Waals surface area contributed by atoms with Gasteiger partial charge in [0.25, 0.3) is 23.6 Å². The van der Waals surface area contributed by atoms with E-state index in [1.54, 1.807) is 0 Å². The Kier molecular flexibility index (Phi) is 12.8. The number of nitrogens with one attached hydrogen (secondary N) is 3. The number of para-hydroxylation sites is 1. The van der Waals surface area contributed by atoms with Crippen molar-refractivity contribution in [3.63, 3.8) is 0 Å². The summed E-state index contributed by atoms with van der Waals surface area (Å²) in [4.78, 5) is 92.9. The summed E-state index contributed by atoms with van der Waals surface area (Å²) in [5.41, 5.74) is 8.90. The summed E-state index contributed by atoms with van der Waals surface area (Å²) in [6.07, 6.45) is 8.76. The summed E-state index contributed by atoms with van der Waals surface area (Å²) in [5.74, 6) is -3.24. The van der Waals surface area contributed by atoms with Gasteiger partial charge in [0, 0.05) is 43.1 Å². The molecule has 0 radical (unpaired) electrons. The molecule has 0 saturated carbocycles. The minimum Gasteiger partial charge on any atom is -0.483 e. The predicted octanol–water partition coefficient (Wildman–Crippen LogP) is 4.91. The van der Waals surface area contributed by atoms with E-state index in [1.165, 1.54) is 24.4 Å². The van der Waals surface area contributed by atoms with E-state index >= 15 is 0 Å². The van der Waals surface area contributed by atoms with Gasteiger partial charge in [-0.05, 0) is 61.2 Å². The van der Waals surface area contributed by atoms with Crippen LogP contribution in [0.1, 0.15) is 101 Å². The Morgan fingerprint density at radius 3 is 2.38 bits per heavy atom. The van der Waals surface area contributed by atoms with E-state index < -0.39 is 35.6 Å². The van der Waals surface area contributed by atoms with Gasteiger partial charge < -0.3 is 21.1 Å². The summed E-state index contributed by atoms with van der Waals surface area (Å²) in [5, 5.41) is 8.99. The van der Waals surface area contributed by atoms with Crippen LogP contribution in [0.4, 0.5) is 11.4 Å². The van der Waals surface area contributed by atoms with E-state index in [1.807, 2.05) is 48.5 Å². The van der Waals surface area contributed by atoms with E-state index in [2.05, 4.69) is 20.9 Å². The second-order valence-electron chi connectivity index (χ2n) is 14.0. The molecule has 1 fully saturated rings. The standard InChI is InChI=1S/C42H44N6O8/c43-39(52)31-24-45-32-18-17-26(23-30(32)38(31)46-27-12-7-6-8-13-27)22-28(49)14-9-4-2-1-3-5-10-21-44-36(51)25-56-34-16-11-15-29-37(34)42(55)48(41(29)54)33-19-20-35(50)47-40(33)53/h6-8,11-13,15-18,23-24,33H,1-5,9-10,14,19-22,25H2,(H2,43,52)(H,44,51)(H,45,46)(H,47,50,53). The first kappa shape index (κ1) is 39.3. The van der Waals surface area contributed by atoms with Gasteiger partial charge in [-0.25, -0.2) is 0 Å². The molecule has 14 nitrogen and oxygen atoms in total. The third-order valence-corrected chi connectivity index (χ3v) is 9.89. The molecule has 6 amide bonds. The topological polar surface area (TPSA) is 207 Å². The van der Waals surface area contributed by atoms with Gasteiger partial charge in [-0.3, -0.25) is 48.8 Å². The van der Waals surface area contributed by atoms with E-state index in [4.69, 9.17) is 10.5 Å². The maximum Gasteiger partial charge on any atom is 0.266 e. The zero-order chi connectivity index (χ0) is 39.6. The van der Waals surface area contributed by atoms with Gasteiger partial charge in [0.15, 0.2) is 6.61 Å². The number of pyridine rings is 1. The van der Waals surface area contributed by atoms with Crippen LogP contribution < -0.4 is 26.4 Å². The lowest BCUT2D eigenvalue weighted by atomic mass is 10.00. The molecule has 290 valence electrons. The molecule has 3 heterocycles. The number of carbonyl (C=O) groups is 7. The fourth-order valence-electron chi connectivity index (χ4n) is 7.01. The zero-order valence-corrected chi connectivity index (χ0v) is 30.9. The number of ketones is 1. The number of hydrogen-bond donors (Lipinski definition) is 4. The lowest BCUT2D eigenvalue weighted by Gasteiger charge is -2.27. The first-order valence-corrected chi connectivity index (χ1v) is 18.9. The Bertz CT molecular complexity index is 2170. The predicted molar refractivity (Wildman–Crippen MR) is 207 cm³/mol. The maximum absolute atomic E-state index is 13.2. The number of nitrogens with zero attached hydrogens (tertiary/aromatic N) is 2. The fourth-order valence-corrected chi connectivity index (χ4v) is 7.01. The van der Waals surface area contributed by atoms with E-state index in [-0.39, 0.29) is 60.0 Å². The highest BCUT2D eigenvalue weighted by molar-refractivity contribution is 6.24. The number of aromatic nitrogens is 1. The van der Waals surface area contributed by atoms with Crippen LogP contribution in [0, 0.1) is 0 Å². The van der Waals surface area contributed by atoms with Crippen LogP contribution in [0.5, 0.6) is 5.75 Å². The highest BCUT2D eigenvalue weighted by atomic mass is 16.5. The molecule has 0 aliphatic carbocycles. The second-order valence-corrected chi connectivity index (χ2v) is 14.0. The number of amides is 6. The highest BCUT2D eigenvalue weighted by Crippen LogP contribution is 2.34. The smallest absolute Gasteiger partial charge is 0.266 e. The van der Waals surface area contributed by atoms with E-state index in [0.717, 1.165) is 66.5 Å². The van der Waals surface area contributed by atoms with Crippen molar-refractivity contribution in [2.75, 3.05) is 18.5 Å². The molecule has 0 spiro atoms. The Labute approximate surface area is 323 Å². The summed E-state index contributed by atoms with van der Waals surface area (Å²) < 4.78 is 5.63. The molecule has 1 unspecified atom stereocenters. The zero-order valence-electron chi connectivity index (χ0n) is 30.9.